The summed E-state index contributed by atoms with van der Waals surface area (Å²) in [7, 11) is 1.37. The van der Waals surface area contributed by atoms with Crippen LogP contribution in [0.15, 0.2) is 42.9 Å². The van der Waals surface area contributed by atoms with Crippen molar-refractivity contribution < 1.29 is 27.2 Å². The highest BCUT2D eigenvalue weighted by Crippen LogP contribution is 2.52. The lowest BCUT2D eigenvalue weighted by atomic mass is 9.67. The van der Waals surface area contributed by atoms with Gasteiger partial charge < -0.3 is 10.2 Å². The van der Waals surface area contributed by atoms with E-state index in [1.807, 2.05) is 13.8 Å². The highest BCUT2D eigenvalue weighted by molar-refractivity contribution is 6.10. The molecule has 2 amide bonds. The number of nitrogens with zero attached hydrogens (tertiary/aromatic N) is 4. The minimum Gasteiger partial charge on any atom is -0.355 e. The van der Waals surface area contributed by atoms with Gasteiger partial charge in [0.1, 0.15) is 23.2 Å². The average Bonchev–Trinajstić information content (AvgIpc) is 3.02. The molecular formula is C26H25F4N5O2. The highest BCUT2D eigenvalue weighted by Gasteiger charge is 2.58. The first-order valence-corrected chi connectivity index (χ1v) is 11.6. The third kappa shape index (κ3) is 4.30. The van der Waals surface area contributed by atoms with E-state index < -0.39 is 40.6 Å². The third-order valence-corrected chi connectivity index (χ3v) is 6.99. The molecule has 1 aliphatic heterocycles. The number of nitriles is 1. The number of amides is 2. The Labute approximate surface area is 211 Å². The van der Waals surface area contributed by atoms with E-state index >= 15 is 0 Å². The smallest absolute Gasteiger partial charge is 0.355 e. The van der Waals surface area contributed by atoms with Crippen molar-refractivity contribution in [1.82, 2.24) is 10.3 Å². The maximum Gasteiger partial charge on any atom is 0.419 e. The third-order valence-electron chi connectivity index (χ3n) is 6.99. The molecule has 7 nitrogen and oxygen atoms in total. The molecule has 37 heavy (non-hydrogen) atoms. The Morgan fingerprint density at radius 3 is 2.49 bits per heavy atom. The number of hydrogen-bond donors (Lipinski definition) is 1. The lowest BCUT2D eigenvalue weighted by Gasteiger charge is -2.46. The van der Waals surface area contributed by atoms with Crippen LogP contribution < -0.4 is 15.1 Å². The fraction of sp³-hybridized carbons (Fsp3) is 0.385. The first-order chi connectivity index (χ1) is 17.3. The molecule has 2 aliphatic rings. The topological polar surface area (TPSA) is 89.3 Å². The molecular weight excluding hydrogens is 490 g/mol. The predicted molar refractivity (Wildman–Crippen MR) is 128 cm³/mol. The van der Waals surface area contributed by atoms with Crippen LogP contribution in [0.25, 0.3) is 0 Å². The Kier molecular flexibility index (Phi) is 6.26. The molecule has 2 aromatic rings. The molecule has 2 fully saturated rings. The molecule has 4 rings (SSSR count). The van der Waals surface area contributed by atoms with E-state index in [0.717, 1.165) is 23.6 Å². The SMILES string of the molecule is C=C1N(c2cnc(C#N)c(C(F)(F)F)c2)C(=O)C2(CCCC(C)(C)C2)N1c1ccc(C(=O)NC)c(F)c1. The Bertz CT molecular complexity index is 1350. The van der Waals surface area contributed by atoms with Crippen molar-refractivity contribution in [2.24, 2.45) is 5.41 Å². The number of nitrogens with one attached hydrogen (secondary N) is 1. The summed E-state index contributed by atoms with van der Waals surface area (Å²) in [6, 6.07) is 6.02. The van der Waals surface area contributed by atoms with Crippen LogP contribution in [-0.2, 0) is 11.0 Å². The molecule has 11 heteroatoms. The summed E-state index contributed by atoms with van der Waals surface area (Å²) in [4.78, 5) is 32.3. The first kappa shape index (κ1) is 26.1. The summed E-state index contributed by atoms with van der Waals surface area (Å²) in [5.74, 6) is -1.94. The number of carbonyl (C=O) groups excluding carboxylic acids is 2. The van der Waals surface area contributed by atoms with Crippen LogP contribution >= 0.6 is 0 Å². The van der Waals surface area contributed by atoms with E-state index in [1.54, 1.807) is 4.90 Å². The Morgan fingerprint density at radius 2 is 1.92 bits per heavy atom. The van der Waals surface area contributed by atoms with Gasteiger partial charge in [0.25, 0.3) is 11.8 Å². The van der Waals surface area contributed by atoms with Crippen LogP contribution in [0.4, 0.5) is 28.9 Å². The van der Waals surface area contributed by atoms with E-state index in [0.29, 0.717) is 25.3 Å². The molecule has 1 saturated heterocycles. The summed E-state index contributed by atoms with van der Waals surface area (Å²) in [6.07, 6.45) is -1.68. The zero-order valence-corrected chi connectivity index (χ0v) is 20.5. The van der Waals surface area contributed by atoms with Gasteiger partial charge in [-0.2, -0.15) is 18.4 Å². The second-order valence-electron chi connectivity index (χ2n) is 10.1. The molecule has 1 aliphatic carbocycles. The molecule has 1 N–H and O–H groups in total. The Hall–Kier alpha value is -3.94. The lowest BCUT2D eigenvalue weighted by molar-refractivity contribution is -0.138. The summed E-state index contributed by atoms with van der Waals surface area (Å²) in [5, 5.41) is 11.5. The van der Waals surface area contributed by atoms with Gasteiger partial charge in [-0.1, -0.05) is 26.8 Å². The molecule has 1 unspecified atom stereocenters. The van der Waals surface area contributed by atoms with Gasteiger partial charge >= 0.3 is 6.18 Å². The Balaban J connectivity index is 1.89. The highest BCUT2D eigenvalue weighted by atomic mass is 19.4. The van der Waals surface area contributed by atoms with Crippen LogP contribution in [0, 0.1) is 22.6 Å². The standard InChI is InChI=1S/C26H25F4N5O2/c1-15-34(17-10-19(26(28,29)30)21(12-31)33-13-17)23(37)25(9-5-8-24(2,3)14-25)35(15)16-6-7-18(20(27)11-16)22(36)32-4/h6-7,10-11,13H,1,5,8-9,14H2,2-4H3,(H,32,36). The van der Waals surface area contributed by atoms with Gasteiger partial charge in [0, 0.05) is 12.7 Å². The van der Waals surface area contributed by atoms with E-state index in [9.17, 15) is 27.2 Å². The second-order valence-corrected chi connectivity index (χ2v) is 10.1. The van der Waals surface area contributed by atoms with Gasteiger partial charge in [0.15, 0.2) is 5.69 Å². The average molecular weight is 516 g/mol. The summed E-state index contributed by atoms with van der Waals surface area (Å²) < 4.78 is 56.0. The van der Waals surface area contributed by atoms with Crippen molar-refractivity contribution in [3.8, 4) is 6.07 Å². The molecule has 194 valence electrons. The monoisotopic (exact) mass is 515 g/mol. The number of aromatic nitrogens is 1. The van der Waals surface area contributed by atoms with Crippen molar-refractivity contribution in [3.05, 3.63) is 65.5 Å². The number of halogens is 4. The maximum atomic E-state index is 15.0. The largest absolute Gasteiger partial charge is 0.419 e. The second kappa shape index (κ2) is 8.87. The first-order valence-electron chi connectivity index (χ1n) is 11.6. The van der Waals surface area contributed by atoms with E-state index in [1.165, 1.54) is 25.2 Å². The maximum absolute atomic E-state index is 15.0. The lowest BCUT2D eigenvalue weighted by Crippen LogP contribution is -2.54. The van der Waals surface area contributed by atoms with Crippen LogP contribution in [0.2, 0.25) is 0 Å². The summed E-state index contributed by atoms with van der Waals surface area (Å²) in [5.41, 5.74) is -3.79. The number of rotatable bonds is 3. The van der Waals surface area contributed by atoms with Crippen LogP contribution in [0.3, 0.4) is 0 Å². The zero-order chi connectivity index (χ0) is 27.3. The number of hydrogen-bond acceptors (Lipinski definition) is 5. The number of alkyl halides is 3. The molecule has 1 atom stereocenters. The fourth-order valence-electron chi connectivity index (χ4n) is 5.47. The summed E-state index contributed by atoms with van der Waals surface area (Å²) in [6.45, 7) is 7.99. The number of anilines is 2. The van der Waals surface area contributed by atoms with Crippen molar-refractivity contribution in [1.29, 1.82) is 5.26 Å². The molecule has 0 bridgehead atoms. The minimum absolute atomic E-state index is 0.0226. The van der Waals surface area contributed by atoms with Crippen LogP contribution in [0.5, 0.6) is 0 Å². The Morgan fingerprint density at radius 1 is 1.22 bits per heavy atom. The zero-order valence-electron chi connectivity index (χ0n) is 20.5. The molecule has 2 heterocycles. The van der Waals surface area contributed by atoms with Gasteiger partial charge in [-0.05, 0) is 48.9 Å². The van der Waals surface area contributed by atoms with Crippen molar-refractivity contribution in [2.45, 2.75) is 51.2 Å². The fourth-order valence-corrected chi connectivity index (χ4v) is 5.47. The molecule has 1 aromatic carbocycles. The quantitative estimate of drug-likeness (QED) is 0.573. The number of pyridine rings is 1. The van der Waals surface area contributed by atoms with Crippen LogP contribution in [-0.4, -0.2) is 29.4 Å². The van der Waals surface area contributed by atoms with Gasteiger partial charge in [0.2, 0.25) is 0 Å². The van der Waals surface area contributed by atoms with Gasteiger partial charge in [-0.25, -0.2) is 9.37 Å². The van der Waals surface area contributed by atoms with Gasteiger partial charge in [-0.3, -0.25) is 14.5 Å². The van der Waals surface area contributed by atoms with Gasteiger partial charge in [0.05, 0.1) is 23.0 Å². The number of benzene rings is 1. The molecule has 1 aromatic heterocycles. The van der Waals surface area contributed by atoms with Gasteiger partial charge in [-0.15, -0.1) is 0 Å². The number of carbonyl (C=O) groups is 2. The van der Waals surface area contributed by atoms with E-state index in [4.69, 9.17) is 5.26 Å². The van der Waals surface area contributed by atoms with Crippen LogP contribution in [0.1, 0.15) is 61.1 Å². The van der Waals surface area contributed by atoms with E-state index in [-0.39, 0.29) is 28.2 Å². The summed E-state index contributed by atoms with van der Waals surface area (Å²) >= 11 is 0. The molecule has 0 radical (unpaired) electrons. The van der Waals surface area contributed by atoms with Crippen molar-refractivity contribution >= 4 is 23.2 Å². The van der Waals surface area contributed by atoms with Crippen molar-refractivity contribution in [2.75, 3.05) is 16.8 Å². The normalized spacial score (nSPS) is 21.4. The predicted octanol–water partition coefficient (Wildman–Crippen LogP) is 5.13. The van der Waals surface area contributed by atoms with Crippen molar-refractivity contribution in [3.63, 3.8) is 0 Å². The molecule has 1 saturated carbocycles. The van der Waals surface area contributed by atoms with E-state index in [2.05, 4.69) is 16.9 Å². The minimum atomic E-state index is -4.87. The molecule has 1 spiro atoms.